The van der Waals surface area contributed by atoms with E-state index >= 15 is 0 Å². The van der Waals surface area contributed by atoms with Gasteiger partial charge < -0.3 is 14.9 Å². The molecule has 7 heteroatoms. The van der Waals surface area contributed by atoms with Crippen LogP contribution < -0.4 is 4.74 Å². The van der Waals surface area contributed by atoms with E-state index in [0.29, 0.717) is 17.8 Å². The third-order valence-electron chi connectivity index (χ3n) is 3.73. The number of fused-ring (bicyclic) bond motifs is 1. The molecule has 0 radical (unpaired) electrons. The largest absolute Gasteiger partial charge is 0.477 e. The molecular weight excluding hydrogens is 286 g/mol. The summed E-state index contributed by atoms with van der Waals surface area (Å²) in [5.41, 5.74) is 1.96. The Balaban J connectivity index is 2.07. The van der Waals surface area contributed by atoms with Crippen LogP contribution in [0.15, 0.2) is 18.3 Å². The summed E-state index contributed by atoms with van der Waals surface area (Å²) < 4.78 is 7.02. The number of hydrogen-bond donors (Lipinski definition) is 2. The smallest absolute Gasteiger partial charge is 0.343 e. The zero-order valence-corrected chi connectivity index (χ0v) is 12.2. The Bertz CT molecular complexity index is 694. The number of carbonyl (C=O) groups is 1. The van der Waals surface area contributed by atoms with E-state index in [1.54, 1.807) is 6.20 Å². The number of aromatic carboxylic acids is 1. The topological polar surface area (TPSA) is 97.5 Å². The quantitative estimate of drug-likeness (QED) is 0.881. The fourth-order valence-corrected chi connectivity index (χ4v) is 2.49. The van der Waals surface area contributed by atoms with Gasteiger partial charge in [-0.15, -0.1) is 0 Å². The maximum Gasteiger partial charge on any atom is 0.343 e. The van der Waals surface area contributed by atoms with Gasteiger partial charge in [0.15, 0.2) is 0 Å². The van der Waals surface area contributed by atoms with Crippen LogP contribution in [0.4, 0.5) is 0 Å². The maximum absolute atomic E-state index is 11.6. The van der Waals surface area contributed by atoms with Gasteiger partial charge >= 0.3 is 5.97 Å². The molecule has 0 bridgehead atoms. The van der Waals surface area contributed by atoms with E-state index in [2.05, 4.69) is 10.1 Å². The molecule has 3 rings (SSSR count). The van der Waals surface area contributed by atoms with Crippen molar-refractivity contribution in [3.05, 3.63) is 29.6 Å². The summed E-state index contributed by atoms with van der Waals surface area (Å²) in [6.45, 7) is 2.70. The number of hydrogen-bond acceptors (Lipinski definition) is 5. The van der Waals surface area contributed by atoms with Crippen LogP contribution in [0.3, 0.4) is 0 Å². The Morgan fingerprint density at radius 3 is 2.91 bits per heavy atom. The molecule has 1 atom stereocenters. The average molecular weight is 303 g/mol. The van der Waals surface area contributed by atoms with Crippen LogP contribution >= 0.6 is 0 Å². The van der Waals surface area contributed by atoms with Gasteiger partial charge in [-0.05, 0) is 18.6 Å². The summed E-state index contributed by atoms with van der Waals surface area (Å²) in [6.07, 6.45) is 2.44. The molecule has 0 aromatic carbocycles. The lowest BCUT2D eigenvalue weighted by molar-refractivity contribution is 0.0680. The number of nitrogens with zero attached hydrogens (tertiary/aromatic N) is 3. The summed E-state index contributed by atoms with van der Waals surface area (Å²) in [5, 5.41) is 23.1. The van der Waals surface area contributed by atoms with Crippen molar-refractivity contribution in [3.8, 4) is 17.1 Å². The standard InChI is InChI=1S/C15H17N3O4/c1-2-11-4-3-10(5-16-11)13-12(15(20)21)14-18(17-13)6-9(7-19)8-22-14/h3-5,9,19H,2,6-8H2,1H3,(H,20,21). The first-order chi connectivity index (χ1) is 10.6. The normalized spacial score (nSPS) is 16.9. The van der Waals surface area contributed by atoms with Gasteiger partial charge in [0.05, 0.1) is 19.8 Å². The van der Waals surface area contributed by atoms with Crippen molar-refractivity contribution in [2.45, 2.75) is 19.9 Å². The minimum Gasteiger partial charge on any atom is -0.477 e. The van der Waals surface area contributed by atoms with Crippen molar-refractivity contribution in [2.24, 2.45) is 5.92 Å². The Morgan fingerprint density at radius 1 is 1.50 bits per heavy atom. The minimum absolute atomic E-state index is 0.0240. The molecule has 2 aromatic rings. The first-order valence-electron chi connectivity index (χ1n) is 7.17. The highest BCUT2D eigenvalue weighted by Gasteiger charge is 2.30. The second kappa shape index (κ2) is 5.76. The van der Waals surface area contributed by atoms with Gasteiger partial charge in [-0.25, -0.2) is 9.48 Å². The molecule has 22 heavy (non-hydrogen) atoms. The summed E-state index contributed by atoms with van der Waals surface area (Å²) in [6, 6.07) is 3.67. The van der Waals surface area contributed by atoms with Crippen LogP contribution in [0.5, 0.6) is 5.88 Å². The fraction of sp³-hybridized carbons (Fsp3) is 0.400. The lowest BCUT2D eigenvalue weighted by Gasteiger charge is -2.22. The van der Waals surface area contributed by atoms with Crippen molar-refractivity contribution in [2.75, 3.05) is 13.2 Å². The highest BCUT2D eigenvalue weighted by Crippen LogP contribution is 2.33. The molecule has 0 spiro atoms. The number of carboxylic acid groups (broad SMARTS) is 1. The molecule has 0 saturated carbocycles. The average Bonchev–Trinajstić information content (AvgIpc) is 2.93. The predicted octanol–water partition coefficient (Wildman–Crippen LogP) is 1.21. The number of ether oxygens (including phenoxy) is 1. The minimum atomic E-state index is -1.08. The Kier molecular flexibility index (Phi) is 3.81. The van der Waals surface area contributed by atoms with Crippen molar-refractivity contribution in [1.82, 2.24) is 14.8 Å². The molecule has 7 nitrogen and oxygen atoms in total. The molecule has 0 amide bonds. The van der Waals surface area contributed by atoms with Gasteiger partial charge in [0, 0.05) is 23.4 Å². The first-order valence-corrected chi connectivity index (χ1v) is 7.17. The lowest BCUT2D eigenvalue weighted by atomic mass is 10.1. The molecule has 116 valence electrons. The number of aromatic nitrogens is 3. The zero-order valence-electron chi connectivity index (χ0n) is 12.2. The maximum atomic E-state index is 11.6. The Morgan fingerprint density at radius 2 is 2.32 bits per heavy atom. The van der Waals surface area contributed by atoms with E-state index in [-0.39, 0.29) is 30.6 Å². The number of rotatable bonds is 4. The van der Waals surface area contributed by atoms with E-state index < -0.39 is 5.97 Å². The molecule has 1 aliphatic heterocycles. The third-order valence-corrected chi connectivity index (χ3v) is 3.73. The van der Waals surface area contributed by atoms with E-state index in [1.165, 1.54) is 4.68 Å². The van der Waals surface area contributed by atoms with E-state index in [1.807, 2.05) is 19.1 Å². The molecule has 2 N–H and O–H groups in total. The van der Waals surface area contributed by atoms with Crippen molar-refractivity contribution in [1.29, 1.82) is 0 Å². The van der Waals surface area contributed by atoms with Crippen LogP contribution in [-0.2, 0) is 13.0 Å². The fourth-order valence-electron chi connectivity index (χ4n) is 2.49. The van der Waals surface area contributed by atoms with Gasteiger partial charge in [0.1, 0.15) is 11.3 Å². The molecular formula is C15H17N3O4. The summed E-state index contributed by atoms with van der Waals surface area (Å²) >= 11 is 0. The number of pyridine rings is 1. The van der Waals surface area contributed by atoms with E-state index in [4.69, 9.17) is 4.74 Å². The third kappa shape index (κ3) is 2.43. The number of aliphatic hydroxyl groups is 1. The summed E-state index contributed by atoms with van der Waals surface area (Å²) in [7, 11) is 0. The van der Waals surface area contributed by atoms with Crippen LogP contribution in [0.25, 0.3) is 11.3 Å². The second-order valence-electron chi connectivity index (χ2n) is 5.27. The molecule has 1 aliphatic rings. The van der Waals surface area contributed by atoms with Crippen LogP contribution in [0, 0.1) is 5.92 Å². The number of carboxylic acids is 1. The van der Waals surface area contributed by atoms with Gasteiger partial charge in [-0.2, -0.15) is 5.10 Å². The van der Waals surface area contributed by atoms with Crippen LogP contribution in [-0.4, -0.2) is 44.2 Å². The lowest BCUT2D eigenvalue weighted by Crippen LogP contribution is -2.28. The van der Waals surface area contributed by atoms with Gasteiger partial charge in [0.25, 0.3) is 0 Å². The van der Waals surface area contributed by atoms with Crippen molar-refractivity contribution in [3.63, 3.8) is 0 Å². The van der Waals surface area contributed by atoms with E-state index in [0.717, 1.165) is 12.1 Å². The number of aliphatic hydroxyl groups excluding tert-OH is 1. The molecule has 2 aromatic heterocycles. The predicted molar refractivity (Wildman–Crippen MR) is 77.9 cm³/mol. The SMILES string of the molecule is CCc1ccc(-c2nn3c(c2C(=O)O)OCC(CO)C3)cn1. The molecule has 1 unspecified atom stereocenters. The van der Waals surface area contributed by atoms with Gasteiger partial charge in [-0.3, -0.25) is 4.98 Å². The Labute approximate surface area is 127 Å². The molecule has 3 heterocycles. The summed E-state index contributed by atoms with van der Waals surface area (Å²) in [4.78, 5) is 15.9. The van der Waals surface area contributed by atoms with Gasteiger partial charge in [0.2, 0.25) is 5.88 Å². The monoisotopic (exact) mass is 303 g/mol. The van der Waals surface area contributed by atoms with Gasteiger partial charge in [-0.1, -0.05) is 6.92 Å². The second-order valence-corrected chi connectivity index (χ2v) is 5.27. The molecule has 0 aliphatic carbocycles. The van der Waals surface area contributed by atoms with E-state index in [9.17, 15) is 15.0 Å². The first kappa shape index (κ1) is 14.5. The molecule has 0 fully saturated rings. The molecule has 0 saturated heterocycles. The number of aryl methyl sites for hydroxylation is 1. The summed E-state index contributed by atoms with van der Waals surface area (Å²) in [5.74, 6) is -0.924. The van der Waals surface area contributed by atoms with Crippen molar-refractivity contribution < 1.29 is 19.7 Å². The van der Waals surface area contributed by atoms with Crippen LogP contribution in [0.2, 0.25) is 0 Å². The zero-order chi connectivity index (χ0) is 15.7. The highest BCUT2D eigenvalue weighted by atomic mass is 16.5. The Hall–Kier alpha value is -2.41. The van der Waals surface area contributed by atoms with Crippen molar-refractivity contribution >= 4 is 5.97 Å². The highest BCUT2D eigenvalue weighted by molar-refractivity contribution is 5.97. The van der Waals surface area contributed by atoms with Crippen LogP contribution in [0.1, 0.15) is 23.0 Å².